The van der Waals surface area contributed by atoms with Crippen LogP contribution in [0, 0.1) is 11.7 Å². The summed E-state index contributed by atoms with van der Waals surface area (Å²) in [6, 6.07) is 5.95. The van der Waals surface area contributed by atoms with E-state index in [4.69, 9.17) is 20.3 Å². The molecular weight excluding hydrogens is 339 g/mol. The first-order valence-electron chi connectivity index (χ1n) is 8.93. The molecule has 2 unspecified atom stereocenters. The lowest BCUT2D eigenvalue weighted by molar-refractivity contribution is -0.114. The molecule has 0 aromatic heterocycles. The topological polar surface area (TPSA) is 85.0 Å². The first-order valence-corrected chi connectivity index (χ1v) is 8.93. The van der Waals surface area contributed by atoms with Gasteiger partial charge in [-0.2, -0.15) is 0 Å². The summed E-state index contributed by atoms with van der Waals surface area (Å²) in [5.74, 6) is -0.665. The zero-order valence-electron chi connectivity index (χ0n) is 15.7. The van der Waals surface area contributed by atoms with E-state index in [2.05, 4.69) is 0 Å². The van der Waals surface area contributed by atoms with Crippen LogP contribution in [0.2, 0.25) is 0 Å². The second kappa shape index (κ2) is 8.33. The Kier molecular flexibility index (Phi) is 6.60. The van der Waals surface area contributed by atoms with E-state index >= 15 is 0 Å². The third-order valence-electron chi connectivity index (χ3n) is 4.39. The second-order valence-corrected chi connectivity index (χ2v) is 7.64. The third-order valence-corrected chi connectivity index (χ3v) is 4.39. The minimum absolute atomic E-state index is 0.0238. The van der Waals surface area contributed by atoms with E-state index in [-0.39, 0.29) is 19.1 Å². The maximum absolute atomic E-state index is 13.7. The van der Waals surface area contributed by atoms with Gasteiger partial charge in [-0.05, 0) is 45.7 Å². The minimum Gasteiger partial charge on any atom is -0.444 e. The molecule has 2 atom stereocenters. The molecule has 0 spiro atoms. The fraction of sp³-hybridized carbons (Fsp3) is 0.632. The first-order chi connectivity index (χ1) is 12.2. The fourth-order valence-electron chi connectivity index (χ4n) is 3.20. The van der Waals surface area contributed by atoms with Gasteiger partial charge < -0.3 is 19.5 Å². The summed E-state index contributed by atoms with van der Waals surface area (Å²) in [4.78, 5) is 14.0. The van der Waals surface area contributed by atoms with Crippen molar-refractivity contribution in [1.82, 2.24) is 4.90 Å². The van der Waals surface area contributed by atoms with E-state index in [0.29, 0.717) is 18.7 Å². The van der Waals surface area contributed by atoms with Crippen LogP contribution in [0.25, 0.3) is 0 Å². The summed E-state index contributed by atoms with van der Waals surface area (Å²) in [5, 5.41) is 9.16. The Balaban J connectivity index is 2.23. The Bertz CT molecular complexity index is 620. The molecule has 1 aliphatic heterocycles. The molecule has 0 bridgehead atoms. The highest BCUT2D eigenvalue weighted by Crippen LogP contribution is 2.35. The number of benzene rings is 1. The van der Waals surface area contributed by atoms with Crippen LogP contribution in [0.3, 0.4) is 0 Å². The monoisotopic (exact) mass is 368 g/mol. The van der Waals surface area contributed by atoms with Gasteiger partial charge in [-0.3, -0.25) is 5.73 Å². The lowest BCUT2D eigenvalue weighted by atomic mass is 9.83. The Labute approximate surface area is 154 Å². The number of nitrogens with zero attached hydrogens (tertiary/aromatic N) is 1. The molecule has 1 aliphatic rings. The molecule has 6 nitrogen and oxygen atoms in total. The van der Waals surface area contributed by atoms with Crippen LogP contribution >= 0.6 is 0 Å². The number of aliphatic hydroxyl groups is 1. The Morgan fingerprint density at radius 3 is 2.77 bits per heavy atom. The van der Waals surface area contributed by atoms with E-state index in [1.807, 2.05) is 20.8 Å². The molecule has 3 N–H and O–H groups in total. The Morgan fingerprint density at radius 1 is 1.42 bits per heavy atom. The summed E-state index contributed by atoms with van der Waals surface area (Å²) in [7, 11) is 0. The SMILES string of the molecule is CC(C)(C)OC(=O)N1CCCC(C(N)(OCCO)c2cccc(F)c2)C1. The van der Waals surface area contributed by atoms with Gasteiger partial charge in [0.1, 0.15) is 17.1 Å². The Morgan fingerprint density at radius 2 is 2.15 bits per heavy atom. The first kappa shape index (κ1) is 20.6. The number of carbonyl (C=O) groups is 1. The number of piperidine rings is 1. The van der Waals surface area contributed by atoms with Crippen LogP contribution in [0.15, 0.2) is 24.3 Å². The van der Waals surface area contributed by atoms with E-state index in [9.17, 15) is 9.18 Å². The largest absolute Gasteiger partial charge is 0.444 e. The molecule has 0 aliphatic carbocycles. The number of ether oxygens (including phenoxy) is 2. The second-order valence-electron chi connectivity index (χ2n) is 7.64. The normalized spacial score (nSPS) is 20.5. The number of aliphatic hydroxyl groups excluding tert-OH is 1. The lowest BCUT2D eigenvalue weighted by Gasteiger charge is -2.43. The van der Waals surface area contributed by atoms with E-state index in [1.54, 1.807) is 17.0 Å². The molecule has 2 rings (SSSR count). The average molecular weight is 368 g/mol. The molecule has 1 aromatic rings. The van der Waals surface area contributed by atoms with Gasteiger partial charge in [-0.25, -0.2) is 9.18 Å². The quantitative estimate of drug-likeness (QED) is 0.781. The van der Waals surface area contributed by atoms with E-state index in [0.717, 1.165) is 12.8 Å². The zero-order valence-corrected chi connectivity index (χ0v) is 15.7. The molecule has 1 amide bonds. The van der Waals surface area contributed by atoms with Gasteiger partial charge in [0.05, 0.1) is 13.2 Å². The summed E-state index contributed by atoms with van der Waals surface area (Å²) >= 11 is 0. The van der Waals surface area contributed by atoms with Gasteiger partial charge in [0.15, 0.2) is 0 Å². The van der Waals surface area contributed by atoms with Crippen molar-refractivity contribution in [2.45, 2.75) is 44.9 Å². The predicted octanol–water partition coefficient (Wildman–Crippen LogP) is 2.59. The van der Waals surface area contributed by atoms with Crippen LogP contribution in [0.1, 0.15) is 39.2 Å². The highest BCUT2D eigenvalue weighted by molar-refractivity contribution is 5.68. The van der Waals surface area contributed by atoms with Gasteiger partial charge >= 0.3 is 6.09 Å². The molecule has 1 fully saturated rings. The number of hydrogen-bond donors (Lipinski definition) is 2. The highest BCUT2D eigenvalue weighted by Gasteiger charge is 2.42. The van der Waals surface area contributed by atoms with E-state index in [1.165, 1.54) is 12.1 Å². The van der Waals surface area contributed by atoms with Gasteiger partial charge in [-0.1, -0.05) is 12.1 Å². The van der Waals surface area contributed by atoms with Crippen molar-refractivity contribution in [3.63, 3.8) is 0 Å². The Hall–Kier alpha value is -1.70. The number of carbonyl (C=O) groups excluding carboxylic acids is 1. The van der Waals surface area contributed by atoms with Crippen molar-refractivity contribution in [3.8, 4) is 0 Å². The van der Waals surface area contributed by atoms with Crippen LogP contribution in [0.5, 0.6) is 0 Å². The molecule has 0 saturated carbocycles. The summed E-state index contributed by atoms with van der Waals surface area (Å²) in [5.41, 5.74) is 5.16. The standard InChI is InChI=1S/C19H29FN2O4/c1-18(2,3)26-17(24)22-9-5-7-15(13-22)19(21,25-11-10-23)14-6-4-8-16(20)12-14/h4,6,8,12,15,23H,5,7,9-11,13,21H2,1-3H3. The molecule has 146 valence electrons. The molecule has 1 saturated heterocycles. The number of rotatable bonds is 5. The summed E-state index contributed by atoms with van der Waals surface area (Å²) < 4.78 is 25.0. The van der Waals surface area contributed by atoms with Crippen molar-refractivity contribution in [1.29, 1.82) is 0 Å². The van der Waals surface area contributed by atoms with Crippen molar-refractivity contribution in [2.75, 3.05) is 26.3 Å². The average Bonchev–Trinajstić information content (AvgIpc) is 2.58. The van der Waals surface area contributed by atoms with Gasteiger partial charge in [0.2, 0.25) is 0 Å². The summed E-state index contributed by atoms with van der Waals surface area (Å²) in [6.45, 7) is 6.19. The van der Waals surface area contributed by atoms with Crippen molar-refractivity contribution in [2.24, 2.45) is 11.7 Å². The number of nitrogens with two attached hydrogens (primary N) is 1. The molecular formula is C19H29FN2O4. The lowest BCUT2D eigenvalue weighted by Crippen LogP contribution is -2.54. The van der Waals surface area contributed by atoms with Crippen LogP contribution in [0.4, 0.5) is 9.18 Å². The molecule has 1 aromatic carbocycles. The van der Waals surface area contributed by atoms with Crippen molar-refractivity contribution < 1.29 is 23.8 Å². The third kappa shape index (κ3) is 5.16. The molecule has 1 heterocycles. The fourth-order valence-corrected chi connectivity index (χ4v) is 3.20. The predicted molar refractivity (Wildman–Crippen MR) is 95.8 cm³/mol. The van der Waals surface area contributed by atoms with Crippen LogP contribution < -0.4 is 5.73 Å². The van der Waals surface area contributed by atoms with Crippen LogP contribution in [-0.2, 0) is 15.2 Å². The van der Waals surface area contributed by atoms with Gasteiger partial charge in [0.25, 0.3) is 0 Å². The maximum Gasteiger partial charge on any atom is 0.410 e. The van der Waals surface area contributed by atoms with Gasteiger partial charge in [0, 0.05) is 24.6 Å². The maximum atomic E-state index is 13.7. The van der Waals surface area contributed by atoms with Crippen molar-refractivity contribution >= 4 is 6.09 Å². The van der Waals surface area contributed by atoms with Crippen molar-refractivity contribution in [3.05, 3.63) is 35.6 Å². The van der Waals surface area contributed by atoms with Crippen LogP contribution in [-0.4, -0.2) is 48.0 Å². The number of likely N-dealkylation sites (tertiary alicyclic amines) is 1. The smallest absolute Gasteiger partial charge is 0.410 e. The zero-order chi connectivity index (χ0) is 19.4. The highest BCUT2D eigenvalue weighted by atomic mass is 19.1. The number of amides is 1. The molecule has 26 heavy (non-hydrogen) atoms. The molecule has 0 radical (unpaired) electrons. The summed E-state index contributed by atoms with van der Waals surface area (Å²) in [6.07, 6.45) is 1.06. The number of hydrogen-bond acceptors (Lipinski definition) is 5. The van der Waals surface area contributed by atoms with Gasteiger partial charge in [-0.15, -0.1) is 0 Å². The molecule has 7 heteroatoms. The number of halogens is 1. The van der Waals surface area contributed by atoms with E-state index < -0.39 is 23.2 Å². The minimum atomic E-state index is -1.30.